The number of rotatable bonds is 6. The molecule has 0 aliphatic rings. The predicted octanol–water partition coefficient (Wildman–Crippen LogP) is 1.46. The van der Waals surface area contributed by atoms with Crippen molar-refractivity contribution in [3.63, 3.8) is 0 Å². The molecule has 1 unspecified atom stereocenters. The van der Waals surface area contributed by atoms with Crippen LogP contribution in [0.4, 0.5) is 13.2 Å². The molecule has 0 saturated heterocycles. The van der Waals surface area contributed by atoms with Crippen LogP contribution in [0.5, 0.6) is 5.88 Å². The molecule has 0 radical (unpaired) electrons. The lowest BCUT2D eigenvalue weighted by Crippen LogP contribution is -2.34. The number of carbonyl (C=O) groups excluding carboxylic acids is 1. The molecular formula is C12H15F3N2O3. The van der Waals surface area contributed by atoms with Crippen LogP contribution < -0.4 is 10.5 Å². The fourth-order valence-electron chi connectivity index (χ4n) is 1.43. The van der Waals surface area contributed by atoms with E-state index in [-0.39, 0.29) is 18.9 Å². The summed E-state index contributed by atoms with van der Waals surface area (Å²) in [4.78, 5) is 15.1. The van der Waals surface area contributed by atoms with Crippen molar-refractivity contribution in [2.75, 3.05) is 13.2 Å². The first-order valence-corrected chi connectivity index (χ1v) is 5.89. The highest BCUT2D eigenvalue weighted by atomic mass is 19.4. The summed E-state index contributed by atoms with van der Waals surface area (Å²) in [6.45, 7) is 0.356. The minimum Gasteiger partial charge on any atom is -0.468 e. The van der Waals surface area contributed by atoms with Crippen molar-refractivity contribution in [2.45, 2.75) is 25.6 Å². The van der Waals surface area contributed by atoms with Crippen molar-refractivity contribution < 1.29 is 27.4 Å². The van der Waals surface area contributed by atoms with E-state index in [2.05, 4.69) is 9.72 Å². The average Bonchev–Trinajstić information content (AvgIpc) is 2.37. The van der Waals surface area contributed by atoms with E-state index < -0.39 is 24.8 Å². The number of nitrogens with two attached hydrogens (primary N) is 1. The highest BCUT2D eigenvalue weighted by Crippen LogP contribution is 2.20. The minimum atomic E-state index is -4.46. The number of pyridine rings is 1. The summed E-state index contributed by atoms with van der Waals surface area (Å²) in [5, 5.41) is 0. The van der Waals surface area contributed by atoms with Crippen LogP contribution in [0.1, 0.15) is 12.5 Å². The maximum atomic E-state index is 12.1. The molecule has 1 aromatic rings. The predicted molar refractivity (Wildman–Crippen MR) is 64.1 cm³/mol. The minimum absolute atomic E-state index is 0.0140. The van der Waals surface area contributed by atoms with Gasteiger partial charge in [-0.2, -0.15) is 13.2 Å². The molecule has 1 rings (SSSR count). The summed E-state index contributed by atoms with van der Waals surface area (Å²) in [6, 6.07) is 2.04. The van der Waals surface area contributed by atoms with E-state index in [9.17, 15) is 18.0 Å². The van der Waals surface area contributed by atoms with Gasteiger partial charge in [-0.25, -0.2) is 4.98 Å². The zero-order chi connectivity index (χ0) is 15.2. The van der Waals surface area contributed by atoms with Gasteiger partial charge in [0.15, 0.2) is 6.61 Å². The second kappa shape index (κ2) is 7.09. The third-order valence-corrected chi connectivity index (χ3v) is 2.25. The molecule has 0 bridgehead atoms. The van der Waals surface area contributed by atoms with E-state index >= 15 is 0 Å². The lowest BCUT2D eigenvalue weighted by molar-refractivity contribution is -0.154. The molecule has 5 nitrogen and oxygen atoms in total. The van der Waals surface area contributed by atoms with E-state index in [0.717, 1.165) is 0 Å². The fraction of sp³-hybridized carbons (Fsp3) is 0.500. The third-order valence-electron chi connectivity index (χ3n) is 2.25. The van der Waals surface area contributed by atoms with E-state index in [4.69, 9.17) is 10.5 Å². The summed E-state index contributed by atoms with van der Waals surface area (Å²) in [5.74, 6) is -0.817. The van der Waals surface area contributed by atoms with Crippen LogP contribution >= 0.6 is 0 Å². The Morgan fingerprint density at radius 3 is 2.80 bits per heavy atom. The van der Waals surface area contributed by atoms with Gasteiger partial charge in [0.05, 0.1) is 6.61 Å². The second-order valence-corrected chi connectivity index (χ2v) is 3.93. The highest BCUT2D eigenvalue weighted by molar-refractivity contribution is 5.75. The first kappa shape index (κ1) is 16.2. The number of aromatic nitrogens is 1. The molecule has 0 aliphatic heterocycles. The van der Waals surface area contributed by atoms with Crippen molar-refractivity contribution in [2.24, 2.45) is 5.73 Å². The van der Waals surface area contributed by atoms with Crippen molar-refractivity contribution in [3.05, 3.63) is 23.9 Å². The Labute approximate surface area is 113 Å². The van der Waals surface area contributed by atoms with Gasteiger partial charge in [-0.15, -0.1) is 0 Å². The molecule has 0 amide bonds. The molecular weight excluding hydrogens is 277 g/mol. The van der Waals surface area contributed by atoms with Crippen molar-refractivity contribution in [3.8, 4) is 5.88 Å². The van der Waals surface area contributed by atoms with Crippen LogP contribution in [-0.4, -0.2) is 36.4 Å². The molecule has 0 spiro atoms. The molecule has 112 valence electrons. The van der Waals surface area contributed by atoms with Gasteiger partial charge in [-0.05, 0) is 13.0 Å². The molecule has 0 aliphatic carbocycles. The van der Waals surface area contributed by atoms with E-state index in [0.29, 0.717) is 5.56 Å². The smallest absolute Gasteiger partial charge is 0.422 e. The highest BCUT2D eigenvalue weighted by Gasteiger charge is 2.29. The van der Waals surface area contributed by atoms with Gasteiger partial charge in [0.1, 0.15) is 6.04 Å². The Kier molecular flexibility index (Phi) is 5.75. The van der Waals surface area contributed by atoms with Crippen LogP contribution in [0.15, 0.2) is 18.3 Å². The number of carbonyl (C=O) groups is 1. The van der Waals surface area contributed by atoms with Crippen LogP contribution in [-0.2, 0) is 16.0 Å². The van der Waals surface area contributed by atoms with Gasteiger partial charge in [-0.3, -0.25) is 4.79 Å². The largest absolute Gasteiger partial charge is 0.468 e. The summed E-state index contributed by atoms with van der Waals surface area (Å²) in [6.07, 6.45) is -3.18. The fourth-order valence-corrected chi connectivity index (χ4v) is 1.43. The van der Waals surface area contributed by atoms with Crippen LogP contribution in [0.25, 0.3) is 0 Å². The summed E-state index contributed by atoms with van der Waals surface area (Å²) in [5.41, 5.74) is 5.92. The van der Waals surface area contributed by atoms with Crippen LogP contribution in [0.3, 0.4) is 0 Å². The summed E-state index contributed by atoms with van der Waals surface area (Å²) < 4.78 is 45.7. The molecule has 1 heterocycles. The Bertz CT molecular complexity index is 452. The maximum absolute atomic E-state index is 12.1. The maximum Gasteiger partial charge on any atom is 0.422 e. The number of hydrogen-bond acceptors (Lipinski definition) is 5. The van der Waals surface area contributed by atoms with E-state index in [1.165, 1.54) is 18.3 Å². The standard InChI is InChI=1S/C12H15F3N2O3/c1-2-19-11(18)9(16)6-8-4-3-5-17-10(8)20-7-12(13,14)15/h3-5,9H,2,6-7,16H2,1H3. The Hall–Kier alpha value is -1.83. The number of halogens is 3. The quantitative estimate of drug-likeness (QED) is 0.803. The second-order valence-electron chi connectivity index (χ2n) is 3.93. The third kappa shape index (κ3) is 5.43. The zero-order valence-corrected chi connectivity index (χ0v) is 10.8. The van der Waals surface area contributed by atoms with Crippen molar-refractivity contribution >= 4 is 5.97 Å². The number of esters is 1. The van der Waals surface area contributed by atoms with Crippen LogP contribution in [0.2, 0.25) is 0 Å². The molecule has 1 atom stereocenters. The van der Waals surface area contributed by atoms with Crippen molar-refractivity contribution in [1.82, 2.24) is 4.98 Å². The number of nitrogens with zero attached hydrogens (tertiary/aromatic N) is 1. The SMILES string of the molecule is CCOC(=O)C(N)Cc1cccnc1OCC(F)(F)F. The van der Waals surface area contributed by atoms with Crippen LogP contribution in [0, 0.1) is 0 Å². The topological polar surface area (TPSA) is 74.4 Å². The Morgan fingerprint density at radius 1 is 1.50 bits per heavy atom. The van der Waals surface area contributed by atoms with Crippen molar-refractivity contribution in [1.29, 1.82) is 0 Å². The first-order valence-electron chi connectivity index (χ1n) is 5.89. The van der Waals surface area contributed by atoms with Gasteiger partial charge in [0, 0.05) is 18.2 Å². The van der Waals surface area contributed by atoms with E-state index in [1.807, 2.05) is 0 Å². The monoisotopic (exact) mass is 292 g/mol. The first-order chi connectivity index (χ1) is 9.33. The number of hydrogen-bond donors (Lipinski definition) is 1. The molecule has 0 fully saturated rings. The molecule has 2 N–H and O–H groups in total. The number of ether oxygens (including phenoxy) is 2. The molecule has 20 heavy (non-hydrogen) atoms. The van der Waals surface area contributed by atoms with E-state index in [1.54, 1.807) is 6.92 Å². The molecule has 0 saturated carbocycles. The lowest BCUT2D eigenvalue weighted by Gasteiger charge is -2.14. The van der Waals surface area contributed by atoms with Gasteiger partial charge in [0.25, 0.3) is 0 Å². The molecule has 1 aromatic heterocycles. The average molecular weight is 292 g/mol. The van der Waals surface area contributed by atoms with Gasteiger partial charge >= 0.3 is 12.1 Å². The Balaban J connectivity index is 2.72. The van der Waals surface area contributed by atoms with Gasteiger partial charge < -0.3 is 15.2 Å². The lowest BCUT2D eigenvalue weighted by atomic mass is 10.1. The Morgan fingerprint density at radius 2 is 2.20 bits per heavy atom. The normalized spacial score (nSPS) is 12.8. The molecule has 0 aromatic carbocycles. The van der Waals surface area contributed by atoms with Gasteiger partial charge in [-0.1, -0.05) is 6.07 Å². The number of alkyl halides is 3. The summed E-state index contributed by atoms with van der Waals surface area (Å²) in [7, 11) is 0. The molecule has 8 heteroatoms. The zero-order valence-electron chi connectivity index (χ0n) is 10.8. The van der Waals surface area contributed by atoms with Gasteiger partial charge in [0.2, 0.25) is 5.88 Å². The summed E-state index contributed by atoms with van der Waals surface area (Å²) >= 11 is 0.